The van der Waals surface area contributed by atoms with E-state index < -0.39 is 0 Å². The topological polar surface area (TPSA) is 12.0 Å². The SMILES string of the molecule is CC(C)CCCC(C)NCCc1cccs1. The molecule has 1 heterocycles. The number of hydrogen-bond acceptors (Lipinski definition) is 2. The van der Waals surface area contributed by atoms with Gasteiger partial charge in [0.05, 0.1) is 0 Å². The van der Waals surface area contributed by atoms with Crippen LogP contribution in [0.25, 0.3) is 0 Å². The van der Waals surface area contributed by atoms with Crippen LogP contribution in [0.4, 0.5) is 0 Å². The van der Waals surface area contributed by atoms with E-state index in [0.717, 1.165) is 12.5 Å². The van der Waals surface area contributed by atoms with E-state index in [2.05, 4.69) is 43.6 Å². The van der Waals surface area contributed by atoms with Gasteiger partial charge in [-0.05, 0) is 37.1 Å². The minimum absolute atomic E-state index is 0.665. The van der Waals surface area contributed by atoms with Crippen LogP contribution in [0.3, 0.4) is 0 Å². The summed E-state index contributed by atoms with van der Waals surface area (Å²) < 4.78 is 0. The summed E-state index contributed by atoms with van der Waals surface area (Å²) in [6.07, 6.45) is 5.19. The Morgan fingerprint density at radius 2 is 2.06 bits per heavy atom. The molecule has 1 aromatic heterocycles. The molecule has 92 valence electrons. The van der Waals surface area contributed by atoms with E-state index in [0.29, 0.717) is 6.04 Å². The Hall–Kier alpha value is -0.340. The zero-order chi connectivity index (χ0) is 11.8. The molecular formula is C14H25NS. The molecule has 0 aliphatic carbocycles. The molecule has 0 saturated carbocycles. The summed E-state index contributed by atoms with van der Waals surface area (Å²) in [4.78, 5) is 1.49. The lowest BCUT2D eigenvalue weighted by Crippen LogP contribution is -2.27. The molecule has 0 spiro atoms. The third-order valence-electron chi connectivity index (χ3n) is 2.86. The normalized spacial score (nSPS) is 13.2. The second-order valence-electron chi connectivity index (χ2n) is 5.01. The van der Waals surface area contributed by atoms with Gasteiger partial charge in [-0.3, -0.25) is 0 Å². The second kappa shape index (κ2) is 7.86. The van der Waals surface area contributed by atoms with Crippen molar-refractivity contribution in [3.63, 3.8) is 0 Å². The van der Waals surface area contributed by atoms with Gasteiger partial charge in [0.15, 0.2) is 0 Å². The molecule has 0 amide bonds. The summed E-state index contributed by atoms with van der Waals surface area (Å²) >= 11 is 1.86. The van der Waals surface area contributed by atoms with Crippen molar-refractivity contribution < 1.29 is 0 Å². The summed E-state index contributed by atoms with van der Waals surface area (Å²) in [5, 5.41) is 5.76. The van der Waals surface area contributed by atoms with Gasteiger partial charge < -0.3 is 5.32 Å². The highest BCUT2D eigenvalue weighted by Gasteiger charge is 2.02. The molecule has 0 bridgehead atoms. The molecule has 1 unspecified atom stereocenters. The third kappa shape index (κ3) is 6.29. The van der Waals surface area contributed by atoms with Crippen LogP contribution in [0.5, 0.6) is 0 Å². The fourth-order valence-electron chi connectivity index (χ4n) is 1.83. The summed E-state index contributed by atoms with van der Waals surface area (Å²) in [5.74, 6) is 0.846. The van der Waals surface area contributed by atoms with E-state index in [1.165, 1.54) is 30.6 Å². The maximum Gasteiger partial charge on any atom is 0.00578 e. The van der Waals surface area contributed by atoms with Gasteiger partial charge in [0.2, 0.25) is 0 Å². The lowest BCUT2D eigenvalue weighted by atomic mass is 10.0. The number of hydrogen-bond donors (Lipinski definition) is 1. The summed E-state index contributed by atoms with van der Waals surface area (Å²) in [6, 6.07) is 5.01. The van der Waals surface area contributed by atoms with Gasteiger partial charge in [0, 0.05) is 17.5 Å². The average molecular weight is 239 g/mol. The highest BCUT2D eigenvalue weighted by Crippen LogP contribution is 2.10. The molecule has 0 aliphatic heterocycles. The molecule has 16 heavy (non-hydrogen) atoms. The molecule has 0 radical (unpaired) electrons. The largest absolute Gasteiger partial charge is 0.314 e. The minimum atomic E-state index is 0.665. The van der Waals surface area contributed by atoms with Crippen LogP contribution >= 0.6 is 11.3 Å². The van der Waals surface area contributed by atoms with Crippen molar-refractivity contribution in [1.82, 2.24) is 5.32 Å². The maximum atomic E-state index is 3.60. The molecule has 2 heteroatoms. The van der Waals surface area contributed by atoms with Crippen LogP contribution in [0.2, 0.25) is 0 Å². The van der Waals surface area contributed by atoms with Crippen LogP contribution in [0.1, 0.15) is 44.9 Å². The Labute approximate surface area is 104 Å². The van der Waals surface area contributed by atoms with Crippen molar-refractivity contribution in [2.75, 3.05) is 6.54 Å². The fraction of sp³-hybridized carbons (Fsp3) is 0.714. The van der Waals surface area contributed by atoms with Crippen molar-refractivity contribution >= 4 is 11.3 Å². The van der Waals surface area contributed by atoms with Crippen LogP contribution < -0.4 is 5.32 Å². The van der Waals surface area contributed by atoms with Crippen LogP contribution in [0.15, 0.2) is 17.5 Å². The van der Waals surface area contributed by atoms with Crippen LogP contribution in [0, 0.1) is 5.92 Å². The standard InChI is InChI=1S/C14H25NS/c1-12(2)6-4-7-13(3)15-10-9-14-8-5-11-16-14/h5,8,11-13,15H,4,6-7,9-10H2,1-3H3. The highest BCUT2D eigenvalue weighted by atomic mass is 32.1. The zero-order valence-corrected chi connectivity index (χ0v) is 11.6. The first-order chi connectivity index (χ1) is 7.68. The van der Waals surface area contributed by atoms with Gasteiger partial charge in [0.1, 0.15) is 0 Å². The van der Waals surface area contributed by atoms with Crippen molar-refractivity contribution in [3.8, 4) is 0 Å². The molecule has 0 aliphatic rings. The number of rotatable bonds is 8. The van der Waals surface area contributed by atoms with Crippen molar-refractivity contribution in [1.29, 1.82) is 0 Å². The van der Waals surface area contributed by atoms with E-state index in [-0.39, 0.29) is 0 Å². The van der Waals surface area contributed by atoms with E-state index in [1.807, 2.05) is 11.3 Å². The van der Waals surface area contributed by atoms with Gasteiger partial charge in [-0.15, -0.1) is 11.3 Å². The predicted octanol–water partition coefficient (Wildman–Crippen LogP) is 4.10. The molecule has 0 saturated heterocycles. The number of nitrogens with one attached hydrogen (secondary N) is 1. The highest BCUT2D eigenvalue weighted by molar-refractivity contribution is 7.09. The molecule has 1 nitrogen and oxygen atoms in total. The summed E-state index contributed by atoms with van der Waals surface area (Å²) in [5.41, 5.74) is 0. The Bertz CT molecular complexity index is 254. The van der Waals surface area contributed by atoms with E-state index in [1.54, 1.807) is 0 Å². The Balaban J connectivity index is 2.00. The van der Waals surface area contributed by atoms with Gasteiger partial charge >= 0.3 is 0 Å². The van der Waals surface area contributed by atoms with Gasteiger partial charge in [-0.25, -0.2) is 0 Å². The lowest BCUT2D eigenvalue weighted by Gasteiger charge is -2.14. The average Bonchev–Trinajstić information content (AvgIpc) is 2.70. The molecule has 1 atom stereocenters. The molecular weight excluding hydrogens is 214 g/mol. The van der Waals surface area contributed by atoms with Gasteiger partial charge in [-0.2, -0.15) is 0 Å². The third-order valence-corrected chi connectivity index (χ3v) is 3.80. The Kier molecular flexibility index (Phi) is 6.74. The first kappa shape index (κ1) is 13.7. The Morgan fingerprint density at radius 3 is 2.69 bits per heavy atom. The first-order valence-corrected chi connectivity index (χ1v) is 7.32. The van der Waals surface area contributed by atoms with Crippen molar-refractivity contribution in [3.05, 3.63) is 22.4 Å². The summed E-state index contributed by atoms with van der Waals surface area (Å²) in [7, 11) is 0. The molecule has 1 N–H and O–H groups in total. The second-order valence-corrected chi connectivity index (χ2v) is 6.04. The molecule has 0 fully saturated rings. The van der Waals surface area contributed by atoms with Gasteiger partial charge in [0.25, 0.3) is 0 Å². The Morgan fingerprint density at radius 1 is 1.25 bits per heavy atom. The lowest BCUT2D eigenvalue weighted by molar-refractivity contribution is 0.460. The summed E-state index contributed by atoms with van der Waals surface area (Å²) in [6.45, 7) is 8.02. The quantitative estimate of drug-likeness (QED) is 0.720. The molecule has 0 aromatic carbocycles. The van der Waals surface area contributed by atoms with Gasteiger partial charge in [-0.1, -0.05) is 32.8 Å². The maximum absolute atomic E-state index is 3.60. The smallest absolute Gasteiger partial charge is 0.00578 e. The van der Waals surface area contributed by atoms with E-state index in [9.17, 15) is 0 Å². The van der Waals surface area contributed by atoms with Crippen molar-refractivity contribution in [2.45, 2.75) is 52.5 Å². The molecule has 1 aromatic rings. The minimum Gasteiger partial charge on any atom is -0.314 e. The van der Waals surface area contributed by atoms with Crippen molar-refractivity contribution in [2.24, 2.45) is 5.92 Å². The predicted molar refractivity (Wildman–Crippen MR) is 74.2 cm³/mol. The monoisotopic (exact) mass is 239 g/mol. The zero-order valence-electron chi connectivity index (χ0n) is 10.8. The van der Waals surface area contributed by atoms with E-state index >= 15 is 0 Å². The van der Waals surface area contributed by atoms with E-state index in [4.69, 9.17) is 0 Å². The molecule has 1 rings (SSSR count). The fourth-order valence-corrected chi connectivity index (χ4v) is 2.54. The van der Waals surface area contributed by atoms with Crippen LogP contribution in [-0.2, 0) is 6.42 Å². The van der Waals surface area contributed by atoms with Crippen LogP contribution in [-0.4, -0.2) is 12.6 Å². The number of thiophene rings is 1. The first-order valence-electron chi connectivity index (χ1n) is 6.44.